The maximum absolute atomic E-state index is 11.5. The summed E-state index contributed by atoms with van der Waals surface area (Å²) in [6.45, 7) is 5.73. The van der Waals surface area contributed by atoms with E-state index in [4.69, 9.17) is 0 Å². The van der Waals surface area contributed by atoms with E-state index in [0.717, 1.165) is 18.4 Å². The van der Waals surface area contributed by atoms with Gasteiger partial charge in [-0.2, -0.15) is 0 Å². The van der Waals surface area contributed by atoms with Gasteiger partial charge in [0.1, 0.15) is 0 Å². The van der Waals surface area contributed by atoms with Crippen molar-refractivity contribution in [1.29, 1.82) is 0 Å². The molecule has 0 atom stereocenters. The van der Waals surface area contributed by atoms with E-state index >= 15 is 0 Å². The fraction of sp³-hybridized carbons (Fsp3) is 0.917. The van der Waals surface area contributed by atoms with Crippen molar-refractivity contribution >= 4 is 5.91 Å². The molecule has 0 saturated heterocycles. The second-order valence-electron chi connectivity index (χ2n) is 5.60. The topological polar surface area (TPSA) is 41.1 Å². The Kier molecular flexibility index (Phi) is 3.01. The highest BCUT2D eigenvalue weighted by atomic mass is 16.1. The van der Waals surface area contributed by atoms with Crippen LogP contribution < -0.4 is 10.6 Å². The predicted molar refractivity (Wildman–Crippen MR) is 60.5 cm³/mol. The molecule has 3 heteroatoms. The van der Waals surface area contributed by atoms with Crippen molar-refractivity contribution < 1.29 is 4.79 Å². The maximum atomic E-state index is 11.5. The van der Waals surface area contributed by atoms with E-state index in [9.17, 15) is 4.79 Å². The first-order valence-corrected chi connectivity index (χ1v) is 6.09. The van der Waals surface area contributed by atoms with Crippen LogP contribution in [0.25, 0.3) is 0 Å². The first-order valence-electron chi connectivity index (χ1n) is 6.09. The van der Waals surface area contributed by atoms with Crippen LogP contribution in [0.4, 0.5) is 0 Å². The maximum Gasteiger partial charge on any atom is 0.233 e. The highest BCUT2D eigenvalue weighted by Gasteiger charge is 2.37. The van der Waals surface area contributed by atoms with Crippen LogP contribution in [0, 0.1) is 11.8 Å². The number of nitrogens with one attached hydrogen (secondary N) is 2. The van der Waals surface area contributed by atoms with Crippen LogP contribution in [0.15, 0.2) is 0 Å². The highest BCUT2D eigenvalue weighted by molar-refractivity contribution is 5.78. The average molecular weight is 210 g/mol. The highest BCUT2D eigenvalue weighted by Crippen LogP contribution is 2.38. The Balaban J connectivity index is 1.60. The van der Waals surface area contributed by atoms with Gasteiger partial charge < -0.3 is 10.6 Å². The van der Waals surface area contributed by atoms with Gasteiger partial charge in [-0.15, -0.1) is 0 Å². The van der Waals surface area contributed by atoms with E-state index in [1.165, 1.54) is 25.7 Å². The third-order valence-electron chi connectivity index (χ3n) is 3.59. The molecule has 2 rings (SSSR count). The summed E-state index contributed by atoms with van der Waals surface area (Å²) in [6, 6.07) is 0. The summed E-state index contributed by atoms with van der Waals surface area (Å²) in [4.78, 5) is 11.5. The minimum Gasteiger partial charge on any atom is -0.355 e. The molecule has 0 aromatic rings. The number of amides is 1. The van der Waals surface area contributed by atoms with Crippen molar-refractivity contribution in [3.8, 4) is 0 Å². The van der Waals surface area contributed by atoms with E-state index < -0.39 is 0 Å². The summed E-state index contributed by atoms with van der Waals surface area (Å²) >= 11 is 0. The molecule has 0 aromatic carbocycles. The monoisotopic (exact) mass is 210 g/mol. The van der Waals surface area contributed by atoms with E-state index in [1.54, 1.807) is 0 Å². The first-order chi connectivity index (χ1) is 7.08. The van der Waals surface area contributed by atoms with Crippen molar-refractivity contribution in [2.75, 3.05) is 13.1 Å². The molecule has 3 nitrogen and oxygen atoms in total. The fourth-order valence-electron chi connectivity index (χ4n) is 1.90. The lowest BCUT2D eigenvalue weighted by molar-refractivity contribution is -0.120. The van der Waals surface area contributed by atoms with Crippen LogP contribution in [0.3, 0.4) is 0 Å². The Morgan fingerprint density at radius 1 is 1.27 bits per heavy atom. The fourth-order valence-corrected chi connectivity index (χ4v) is 1.90. The zero-order chi connectivity index (χ0) is 10.9. The number of carbonyl (C=O) groups is 1. The normalized spacial score (nSPS) is 21.5. The molecule has 0 unspecified atom stereocenters. The van der Waals surface area contributed by atoms with Gasteiger partial charge in [0.15, 0.2) is 0 Å². The molecule has 0 radical (unpaired) electrons. The minimum absolute atomic E-state index is 0.136. The van der Waals surface area contributed by atoms with Crippen molar-refractivity contribution in [2.45, 2.75) is 45.1 Å². The first kappa shape index (κ1) is 10.9. The number of rotatable bonds is 6. The van der Waals surface area contributed by atoms with E-state index in [1.807, 2.05) is 0 Å². The Morgan fingerprint density at radius 3 is 2.47 bits per heavy atom. The molecule has 0 aliphatic heterocycles. The van der Waals surface area contributed by atoms with E-state index in [0.29, 0.717) is 6.54 Å². The number of hydrogen-bond acceptors (Lipinski definition) is 2. The molecule has 86 valence electrons. The summed E-state index contributed by atoms with van der Waals surface area (Å²) in [5.41, 5.74) is 0.136. The van der Waals surface area contributed by atoms with Gasteiger partial charge in [0.05, 0.1) is 6.54 Å². The van der Waals surface area contributed by atoms with Crippen molar-refractivity contribution in [1.82, 2.24) is 10.6 Å². The molecule has 2 fully saturated rings. The molecule has 1 amide bonds. The van der Waals surface area contributed by atoms with Crippen LogP contribution >= 0.6 is 0 Å². The minimum atomic E-state index is 0.136. The molecule has 2 N–H and O–H groups in total. The Morgan fingerprint density at radius 2 is 1.93 bits per heavy atom. The molecule has 0 spiro atoms. The summed E-state index contributed by atoms with van der Waals surface area (Å²) in [6.07, 6.45) is 5.20. The van der Waals surface area contributed by atoms with E-state index in [2.05, 4.69) is 24.5 Å². The van der Waals surface area contributed by atoms with Crippen molar-refractivity contribution in [3.05, 3.63) is 0 Å². The van der Waals surface area contributed by atoms with Crippen molar-refractivity contribution in [3.63, 3.8) is 0 Å². The lowest BCUT2D eigenvalue weighted by Crippen LogP contribution is -2.46. The van der Waals surface area contributed by atoms with E-state index in [-0.39, 0.29) is 11.4 Å². The average Bonchev–Trinajstić information content (AvgIpc) is 3.04. The molecule has 2 saturated carbocycles. The summed E-state index contributed by atoms with van der Waals surface area (Å²) < 4.78 is 0. The zero-order valence-electron chi connectivity index (χ0n) is 9.81. The molecule has 0 bridgehead atoms. The van der Waals surface area contributed by atoms with Gasteiger partial charge in [-0.05, 0) is 51.4 Å². The number of hydrogen-bond donors (Lipinski definition) is 2. The summed E-state index contributed by atoms with van der Waals surface area (Å²) in [5.74, 6) is 1.69. The lowest BCUT2D eigenvalue weighted by Gasteiger charge is -2.25. The smallest absolute Gasteiger partial charge is 0.233 e. The quantitative estimate of drug-likeness (QED) is 0.693. The van der Waals surface area contributed by atoms with Crippen LogP contribution in [0.2, 0.25) is 0 Å². The molecule has 15 heavy (non-hydrogen) atoms. The molecule has 2 aliphatic carbocycles. The van der Waals surface area contributed by atoms with Gasteiger partial charge in [-0.1, -0.05) is 0 Å². The lowest BCUT2D eigenvalue weighted by atomic mass is 9.99. The molecule has 2 aliphatic rings. The van der Waals surface area contributed by atoms with Crippen molar-refractivity contribution in [2.24, 2.45) is 11.8 Å². The third kappa shape index (κ3) is 3.49. The SMILES string of the molecule is CC(C)(NCC(=O)NCC1CC1)C1CC1. The third-order valence-corrected chi connectivity index (χ3v) is 3.59. The van der Waals surface area contributed by atoms with Crippen LogP contribution in [-0.4, -0.2) is 24.5 Å². The summed E-state index contributed by atoms with van der Waals surface area (Å²) in [7, 11) is 0. The second-order valence-corrected chi connectivity index (χ2v) is 5.60. The van der Waals surface area contributed by atoms with Gasteiger partial charge in [0.25, 0.3) is 0 Å². The largest absolute Gasteiger partial charge is 0.355 e. The standard InChI is InChI=1S/C12H22N2O/c1-12(2,10-5-6-10)14-8-11(15)13-7-9-3-4-9/h9-10,14H,3-8H2,1-2H3,(H,13,15). The summed E-state index contributed by atoms with van der Waals surface area (Å²) in [5, 5.41) is 6.33. The Hall–Kier alpha value is -0.570. The Labute approximate surface area is 92.0 Å². The molecule has 0 aromatic heterocycles. The second kappa shape index (κ2) is 4.12. The predicted octanol–water partition coefficient (Wildman–Crippen LogP) is 1.29. The van der Waals surface area contributed by atoms with Gasteiger partial charge in [-0.3, -0.25) is 4.79 Å². The molecular weight excluding hydrogens is 188 g/mol. The van der Waals surface area contributed by atoms with Gasteiger partial charge >= 0.3 is 0 Å². The van der Waals surface area contributed by atoms with Gasteiger partial charge in [0, 0.05) is 12.1 Å². The number of carbonyl (C=O) groups excluding carboxylic acids is 1. The molecular formula is C12H22N2O. The Bertz CT molecular complexity index is 242. The van der Waals surface area contributed by atoms with Crippen LogP contribution in [0.5, 0.6) is 0 Å². The van der Waals surface area contributed by atoms with Gasteiger partial charge in [0.2, 0.25) is 5.91 Å². The van der Waals surface area contributed by atoms with Gasteiger partial charge in [-0.25, -0.2) is 0 Å². The molecule has 0 heterocycles. The van der Waals surface area contributed by atoms with Crippen LogP contribution in [-0.2, 0) is 4.79 Å². The van der Waals surface area contributed by atoms with Crippen LogP contribution in [0.1, 0.15) is 39.5 Å². The zero-order valence-corrected chi connectivity index (χ0v) is 9.81.